The SMILES string of the molecule is COC1(c2cccc(OC(C=NO)Cc3nc(-c4ccccc4)c(-c4ccc(S(N)(=O)=O)cc4)o3)c2)CCOCC1. The molecule has 41 heavy (non-hydrogen) atoms. The average Bonchev–Trinajstić information content (AvgIpc) is 3.41. The van der Waals surface area contributed by atoms with E-state index in [4.69, 9.17) is 28.8 Å². The van der Waals surface area contributed by atoms with Crippen LogP contribution < -0.4 is 9.88 Å². The van der Waals surface area contributed by atoms with Gasteiger partial charge in [-0.2, -0.15) is 0 Å². The van der Waals surface area contributed by atoms with Crippen molar-refractivity contribution in [2.45, 2.75) is 35.9 Å². The van der Waals surface area contributed by atoms with Gasteiger partial charge >= 0.3 is 0 Å². The zero-order valence-corrected chi connectivity index (χ0v) is 23.3. The van der Waals surface area contributed by atoms with Crippen molar-refractivity contribution in [1.29, 1.82) is 0 Å². The molecule has 1 aliphatic heterocycles. The number of benzene rings is 3. The predicted molar refractivity (Wildman–Crippen MR) is 152 cm³/mol. The topological polar surface area (TPSA) is 146 Å². The van der Waals surface area contributed by atoms with E-state index in [0.29, 0.717) is 41.9 Å². The third kappa shape index (κ3) is 6.49. The summed E-state index contributed by atoms with van der Waals surface area (Å²) in [5.41, 5.74) is 2.53. The highest BCUT2D eigenvalue weighted by Crippen LogP contribution is 2.37. The minimum atomic E-state index is -3.84. The third-order valence-electron chi connectivity index (χ3n) is 7.11. The molecule has 0 aliphatic carbocycles. The van der Waals surface area contributed by atoms with Gasteiger partial charge in [0.1, 0.15) is 17.5 Å². The van der Waals surface area contributed by atoms with Crippen LogP contribution in [0.15, 0.2) is 93.3 Å². The molecule has 2 heterocycles. The molecule has 4 aromatic rings. The van der Waals surface area contributed by atoms with Crippen molar-refractivity contribution < 1.29 is 32.3 Å². The Morgan fingerprint density at radius 2 is 1.78 bits per heavy atom. The third-order valence-corrected chi connectivity index (χ3v) is 8.04. The second-order valence-electron chi connectivity index (χ2n) is 9.68. The average molecular weight is 578 g/mol. The molecule has 5 rings (SSSR count). The minimum absolute atomic E-state index is 0.00638. The van der Waals surface area contributed by atoms with Gasteiger partial charge in [0.15, 0.2) is 11.7 Å². The highest BCUT2D eigenvalue weighted by Gasteiger charge is 2.34. The van der Waals surface area contributed by atoms with Crippen LogP contribution in [0, 0.1) is 0 Å². The summed E-state index contributed by atoms with van der Waals surface area (Å²) in [5, 5.41) is 17.9. The quantitative estimate of drug-likeness (QED) is 0.156. The first-order valence-corrected chi connectivity index (χ1v) is 14.6. The van der Waals surface area contributed by atoms with Crippen molar-refractivity contribution in [2.24, 2.45) is 10.3 Å². The Hall–Kier alpha value is -4.03. The summed E-state index contributed by atoms with van der Waals surface area (Å²) in [5.74, 6) is 1.37. The molecule has 1 fully saturated rings. The van der Waals surface area contributed by atoms with Crippen LogP contribution in [0.5, 0.6) is 5.75 Å². The van der Waals surface area contributed by atoms with Crippen LogP contribution in [0.1, 0.15) is 24.3 Å². The second-order valence-corrected chi connectivity index (χ2v) is 11.2. The van der Waals surface area contributed by atoms with Gasteiger partial charge in [-0.15, -0.1) is 0 Å². The van der Waals surface area contributed by atoms with E-state index < -0.39 is 21.7 Å². The fourth-order valence-corrected chi connectivity index (χ4v) is 5.46. The molecule has 3 N–H and O–H groups in total. The Balaban J connectivity index is 1.44. The van der Waals surface area contributed by atoms with Crippen molar-refractivity contribution in [2.75, 3.05) is 20.3 Å². The van der Waals surface area contributed by atoms with E-state index in [0.717, 1.165) is 24.0 Å². The van der Waals surface area contributed by atoms with Crippen LogP contribution in [0.2, 0.25) is 0 Å². The van der Waals surface area contributed by atoms with Crippen LogP contribution in [-0.2, 0) is 31.5 Å². The monoisotopic (exact) mass is 577 g/mol. The zero-order chi connectivity index (χ0) is 28.9. The normalized spacial score (nSPS) is 16.0. The lowest BCUT2D eigenvalue weighted by molar-refractivity contribution is -0.0948. The maximum Gasteiger partial charge on any atom is 0.238 e. The molecule has 11 heteroatoms. The molecule has 3 aromatic carbocycles. The van der Waals surface area contributed by atoms with Gasteiger partial charge in [-0.25, -0.2) is 18.5 Å². The van der Waals surface area contributed by atoms with Gasteiger partial charge in [-0.3, -0.25) is 0 Å². The van der Waals surface area contributed by atoms with Crippen molar-refractivity contribution in [1.82, 2.24) is 4.98 Å². The van der Waals surface area contributed by atoms with Crippen molar-refractivity contribution >= 4 is 16.2 Å². The Morgan fingerprint density at radius 3 is 2.44 bits per heavy atom. The Kier molecular flexibility index (Phi) is 8.50. The highest BCUT2D eigenvalue weighted by molar-refractivity contribution is 7.89. The number of hydrogen-bond acceptors (Lipinski definition) is 9. The number of methoxy groups -OCH3 is 1. The van der Waals surface area contributed by atoms with E-state index in [-0.39, 0.29) is 11.3 Å². The highest BCUT2D eigenvalue weighted by atomic mass is 32.2. The maximum absolute atomic E-state index is 11.7. The molecule has 1 aromatic heterocycles. The van der Waals surface area contributed by atoms with Crippen LogP contribution in [0.3, 0.4) is 0 Å². The first-order valence-electron chi connectivity index (χ1n) is 13.1. The fraction of sp³-hybridized carbons (Fsp3) is 0.267. The summed E-state index contributed by atoms with van der Waals surface area (Å²) in [7, 11) is -2.14. The van der Waals surface area contributed by atoms with Gasteiger partial charge in [0.05, 0.1) is 23.1 Å². The number of nitrogens with two attached hydrogens (primary N) is 1. The van der Waals surface area contributed by atoms with E-state index in [9.17, 15) is 13.6 Å². The molecule has 0 spiro atoms. The van der Waals surface area contributed by atoms with Crippen molar-refractivity contribution in [3.63, 3.8) is 0 Å². The molecule has 0 bridgehead atoms. The largest absolute Gasteiger partial charge is 0.484 e. The molecule has 0 amide bonds. The molecule has 1 unspecified atom stereocenters. The number of rotatable bonds is 10. The summed E-state index contributed by atoms with van der Waals surface area (Å²) in [6.07, 6.45) is 2.19. The van der Waals surface area contributed by atoms with Gasteiger partial charge < -0.3 is 23.8 Å². The standard InChI is InChI=1S/C30H31N3O7S/c1-37-30(14-16-38-17-15-30)23-8-5-9-24(18-23)39-25(20-32-34)19-27-33-28(21-6-3-2-4-7-21)29(40-27)22-10-12-26(13-11-22)41(31,35)36/h2-13,18,20,25,34H,14-17,19H2,1H3,(H2,31,35,36). The maximum atomic E-state index is 11.7. The Labute approximate surface area is 238 Å². The smallest absolute Gasteiger partial charge is 0.238 e. The summed E-state index contributed by atoms with van der Waals surface area (Å²) >= 11 is 0. The molecule has 0 radical (unpaired) electrons. The number of hydrogen-bond donors (Lipinski definition) is 2. The van der Waals surface area contributed by atoms with E-state index in [1.165, 1.54) is 18.3 Å². The number of oxazole rings is 1. The van der Waals surface area contributed by atoms with Crippen LogP contribution in [-0.4, -0.2) is 51.3 Å². The molecular formula is C30H31N3O7S. The number of primary sulfonamides is 1. The van der Waals surface area contributed by atoms with Gasteiger partial charge in [-0.05, 0) is 42.0 Å². The number of oxime groups is 1. The first kappa shape index (κ1) is 28.5. The van der Waals surface area contributed by atoms with Gasteiger partial charge in [0, 0.05) is 44.3 Å². The molecular weight excluding hydrogens is 546 g/mol. The number of aromatic nitrogens is 1. The summed E-state index contributed by atoms with van der Waals surface area (Å²) in [6, 6.07) is 23.2. The van der Waals surface area contributed by atoms with Crippen LogP contribution in [0.25, 0.3) is 22.6 Å². The van der Waals surface area contributed by atoms with E-state index in [1.54, 1.807) is 19.2 Å². The van der Waals surface area contributed by atoms with E-state index >= 15 is 0 Å². The molecule has 1 aliphatic rings. The van der Waals surface area contributed by atoms with E-state index in [1.807, 2.05) is 54.6 Å². The van der Waals surface area contributed by atoms with Gasteiger partial charge in [0.2, 0.25) is 10.0 Å². The Morgan fingerprint density at radius 1 is 1.05 bits per heavy atom. The number of nitrogens with zero attached hydrogens (tertiary/aromatic N) is 2. The molecule has 1 atom stereocenters. The lowest BCUT2D eigenvalue weighted by Gasteiger charge is -2.36. The molecule has 1 saturated heterocycles. The molecule has 214 valence electrons. The minimum Gasteiger partial charge on any atom is -0.484 e. The van der Waals surface area contributed by atoms with E-state index in [2.05, 4.69) is 5.16 Å². The van der Waals surface area contributed by atoms with Gasteiger partial charge in [-0.1, -0.05) is 47.6 Å². The summed E-state index contributed by atoms with van der Waals surface area (Å²) in [4.78, 5) is 4.73. The first-order chi connectivity index (χ1) is 19.8. The molecule has 10 nitrogen and oxygen atoms in total. The zero-order valence-electron chi connectivity index (χ0n) is 22.5. The fourth-order valence-electron chi connectivity index (χ4n) is 4.95. The molecule has 0 saturated carbocycles. The lowest BCUT2D eigenvalue weighted by Crippen LogP contribution is -2.35. The number of sulfonamides is 1. The Bertz CT molecular complexity index is 1600. The van der Waals surface area contributed by atoms with Crippen LogP contribution >= 0.6 is 0 Å². The van der Waals surface area contributed by atoms with Gasteiger partial charge in [0.25, 0.3) is 0 Å². The lowest BCUT2D eigenvalue weighted by atomic mass is 9.86. The van der Waals surface area contributed by atoms with Crippen molar-refractivity contribution in [3.8, 4) is 28.3 Å². The summed E-state index contributed by atoms with van der Waals surface area (Å²) < 4.78 is 47.3. The van der Waals surface area contributed by atoms with Crippen LogP contribution in [0.4, 0.5) is 0 Å². The predicted octanol–water partition coefficient (Wildman–Crippen LogP) is 4.76. The second kappa shape index (κ2) is 12.2. The number of ether oxygens (including phenoxy) is 3. The van der Waals surface area contributed by atoms with Crippen molar-refractivity contribution in [3.05, 3.63) is 90.3 Å². The summed E-state index contributed by atoms with van der Waals surface area (Å²) in [6.45, 7) is 1.22.